The standard InChI is InChI=1S/C13H17Cl2NS/c1-3-11-13(16-4-2)8-5-6-10(14)12(15)9(8)7-17-11/h5-6,11,13,16H,3-4,7H2,1-2H3. The Morgan fingerprint density at radius 2 is 2.12 bits per heavy atom. The molecule has 4 heteroatoms. The molecule has 1 heterocycles. The predicted molar refractivity (Wildman–Crippen MR) is 78.3 cm³/mol. The first-order valence-corrected chi connectivity index (χ1v) is 7.81. The van der Waals surface area contributed by atoms with Gasteiger partial charge in [-0.25, -0.2) is 0 Å². The van der Waals surface area contributed by atoms with E-state index >= 15 is 0 Å². The van der Waals surface area contributed by atoms with E-state index in [4.69, 9.17) is 23.2 Å². The van der Waals surface area contributed by atoms with Crippen LogP contribution < -0.4 is 5.32 Å². The molecule has 1 aromatic rings. The lowest BCUT2D eigenvalue weighted by atomic mass is 9.96. The Labute approximate surface area is 117 Å². The van der Waals surface area contributed by atoms with Gasteiger partial charge in [-0.1, -0.05) is 43.1 Å². The lowest BCUT2D eigenvalue weighted by Crippen LogP contribution is -2.33. The van der Waals surface area contributed by atoms with Crippen molar-refractivity contribution in [2.45, 2.75) is 37.3 Å². The zero-order valence-corrected chi connectivity index (χ0v) is 12.4. The number of thioether (sulfide) groups is 1. The van der Waals surface area contributed by atoms with Crippen molar-refractivity contribution in [3.63, 3.8) is 0 Å². The molecule has 0 spiro atoms. The molecule has 0 bridgehead atoms. The second-order valence-corrected chi connectivity index (χ2v) is 6.23. The molecule has 17 heavy (non-hydrogen) atoms. The summed E-state index contributed by atoms with van der Waals surface area (Å²) in [6.45, 7) is 5.36. The molecular formula is C13H17Cl2NS. The van der Waals surface area contributed by atoms with Crippen molar-refractivity contribution in [3.05, 3.63) is 33.3 Å². The zero-order chi connectivity index (χ0) is 12.4. The van der Waals surface area contributed by atoms with Crippen LogP contribution in [0.15, 0.2) is 12.1 Å². The minimum Gasteiger partial charge on any atom is -0.309 e. The normalized spacial score (nSPS) is 23.5. The second kappa shape index (κ2) is 5.83. The summed E-state index contributed by atoms with van der Waals surface area (Å²) in [7, 11) is 0. The fourth-order valence-electron chi connectivity index (χ4n) is 2.35. The van der Waals surface area contributed by atoms with Crippen LogP contribution in [0.5, 0.6) is 0 Å². The highest BCUT2D eigenvalue weighted by molar-refractivity contribution is 7.99. The molecule has 0 radical (unpaired) electrons. The fourth-order valence-corrected chi connectivity index (χ4v) is 4.21. The van der Waals surface area contributed by atoms with Gasteiger partial charge in [-0.2, -0.15) is 11.8 Å². The average molecular weight is 290 g/mol. The van der Waals surface area contributed by atoms with Gasteiger partial charge in [-0.3, -0.25) is 0 Å². The first-order valence-electron chi connectivity index (χ1n) is 6.00. The van der Waals surface area contributed by atoms with E-state index in [0.717, 1.165) is 17.3 Å². The van der Waals surface area contributed by atoms with E-state index in [1.54, 1.807) is 0 Å². The topological polar surface area (TPSA) is 12.0 Å². The number of halogens is 2. The van der Waals surface area contributed by atoms with Crippen LogP contribution in [0, 0.1) is 0 Å². The lowest BCUT2D eigenvalue weighted by Gasteiger charge is -2.34. The third-order valence-corrected chi connectivity index (χ3v) is 5.54. The van der Waals surface area contributed by atoms with Crippen LogP contribution >= 0.6 is 35.0 Å². The molecule has 1 aromatic carbocycles. The number of hydrogen-bond donors (Lipinski definition) is 1. The van der Waals surface area contributed by atoms with Gasteiger partial charge in [0.2, 0.25) is 0 Å². The SMILES string of the molecule is CCNC1c2ccc(Cl)c(Cl)c2CSC1CC. The van der Waals surface area contributed by atoms with Crippen LogP contribution in [0.4, 0.5) is 0 Å². The highest BCUT2D eigenvalue weighted by Gasteiger charge is 2.29. The van der Waals surface area contributed by atoms with Crippen molar-refractivity contribution in [2.24, 2.45) is 0 Å². The Kier molecular flexibility index (Phi) is 4.65. The van der Waals surface area contributed by atoms with Gasteiger partial charge in [0.15, 0.2) is 0 Å². The molecule has 0 fully saturated rings. The van der Waals surface area contributed by atoms with E-state index < -0.39 is 0 Å². The van der Waals surface area contributed by atoms with Crippen molar-refractivity contribution in [1.29, 1.82) is 0 Å². The number of fused-ring (bicyclic) bond motifs is 1. The first kappa shape index (κ1) is 13.5. The minimum absolute atomic E-state index is 0.397. The Morgan fingerprint density at radius 3 is 2.76 bits per heavy atom. The average Bonchev–Trinajstić information content (AvgIpc) is 2.34. The Morgan fingerprint density at radius 1 is 1.35 bits per heavy atom. The van der Waals surface area contributed by atoms with Gasteiger partial charge in [-0.05, 0) is 30.2 Å². The number of nitrogens with one attached hydrogen (secondary N) is 1. The van der Waals surface area contributed by atoms with E-state index in [-0.39, 0.29) is 0 Å². The highest BCUT2D eigenvalue weighted by atomic mass is 35.5. The molecule has 0 aromatic heterocycles. The molecule has 0 amide bonds. The summed E-state index contributed by atoms with van der Waals surface area (Å²) in [5.41, 5.74) is 2.53. The van der Waals surface area contributed by atoms with Gasteiger partial charge >= 0.3 is 0 Å². The molecule has 1 aliphatic rings. The smallest absolute Gasteiger partial charge is 0.0636 e. The molecule has 94 valence electrons. The third-order valence-electron chi connectivity index (χ3n) is 3.21. The van der Waals surface area contributed by atoms with Crippen LogP contribution in [0.25, 0.3) is 0 Å². The summed E-state index contributed by atoms with van der Waals surface area (Å²) in [6, 6.07) is 4.43. The van der Waals surface area contributed by atoms with Crippen LogP contribution in [-0.4, -0.2) is 11.8 Å². The Balaban J connectivity index is 2.42. The second-order valence-electron chi connectivity index (χ2n) is 4.22. The molecule has 2 atom stereocenters. The van der Waals surface area contributed by atoms with Gasteiger partial charge in [0.05, 0.1) is 10.0 Å². The van der Waals surface area contributed by atoms with Gasteiger partial charge < -0.3 is 5.32 Å². The van der Waals surface area contributed by atoms with Crippen molar-refractivity contribution in [3.8, 4) is 0 Å². The summed E-state index contributed by atoms with van der Waals surface area (Å²) in [5, 5.41) is 5.58. The van der Waals surface area contributed by atoms with Crippen molar-refractivity contribution in [1.82, 2.24) is 5.32 Å². The van der Waals surface area contributed by atoms with Crippen LogP contribution in [-0.2, 0) is 5.75 Å². The van der Waals surface area contributed by atoms with Crippen molar-refractivity contribution in [2.75, 3.05) is 6.54 Å². The van der Waals surface area contributed by atoms with Gasteiger partial charge in [0, 0.05) is 17.0 Å². The van der Waals surface area contributed by atoms with E-state index in [0.29, 0.717) is 16.3 Å². The molecule has 0 saturated carbocycles. The van der Waals surface area contributed by atoms with Crippen LogP contribution in [0.3, 0.4) is 0 Å². The van der Waals surface area contributed by atoms with Gasteiger partial charge in [0.1, 0.15) is 0 Å². The number of benzene rings is 1. The van der Waals surface area contributed by atoms with E-state index in [1.807, 2.05) is 17.8 Å². The molecular weight excluding hydrogens is 273 g/mol. The first-order chi connectivity index (χ1) is 8.19. The fraction of sp³-hybridized carbons (Fsp3) is 0.538. The maximum atomic E-state index is 6.29. The Bertz CT molecular complexity index is 409. The molecule has 0 aliphatic carbocycles. The zero-order valence-electron chi connectivity index (χ0n) is 10.1. The summed E-state index contributed by atoms with van der Waals surface area (Å²) >= 11 is 14.3. The quantitative estimate of drug-likeness (QED) is 0.868. The minimum atomic E-state index is 0.397. The predicted octanol–water partition coefficient (Wildman–Crippen LogP) is 4.67. The Hall–Kier alpha value is 0.110. The number of rotatable bonds is 3. The summed E-state index contributed by atoms with van der Waals surface area (Å²) in [4.78, 5) is 0. The van der Waals surface area contributed by atoms with Gasteiger partial charge in [-0.15, -0.1) is 0 Å². The lowest BCUT2D eigenvalue weighted by molar-refractivity contribution is 0.514. The maximum absolute atomic E-state index is 6.29. The molecule has 2 unspecified atom stereocenters. The maximum Gasteiger partial charge on any atom is 0.0636 e. The van der Waals surface area contributed by atoms with Crippen LogP contribution in [0.2, 0.25) is 10.0 Å². The van der Waals surface area contributed by atoms with E-state index in [1.165, 1.54) is 17.5 Å². The molecule has 2 rings (SSSR count). The number of hydrogen-bond acceptors (Lipinski definition) is 2. The van der Waals surface area contributed by atoms with E-state index in [2.05, 4.69) is 25.2 Å². The van der Waals surface area contributed by atoms with Gasteiger partial charge in [0.25, 0.3) is 0 Å². The largest absolute Gasteiger partial charge is 0.309 e. The summed E-state index contributed by atoms with van der Waals surface area (Å²) in [6.07, 6.45) is 1.17. The highest BCUT2D eigenvalue weighted by Crippen LogP contribution is 2.43. The van der Waals surface area contributed by atoms with Crippen LogP contribution in [0.1, 0.15) is 37.4 Å². The third kappa shape index (κ3) is 2.60. The molecule has 1 aliphatic heterocycles. The van der Waals surface area contributed by atoms with E-state index in [9.17, 15) is 0 Å². The van der Waals surface area contributed by atoms with Crippen molar-refractivity contribution >= 4 is 35.0 Å². The molecule has 1 nitrogen and oxygen atoms in total. The summed E-state index contributed by atoms with van der Waals surface area (Å²) < 4.78 is 0. The van der Waals surface area contributed by atoms with Crippen molar-refractivity contribution < 1.29 is 0 Å². The summed E-state index contributed by atoms with van der Waals surface area (Å²) in [5.74, 6) is 0.967. The molecule has 0 saturated heterocycles. The molecule has 1 N–H and O–H groups in total. The monoisotopic (exact) mass is 289 g/mol.